The van der Waals surface area contributed by atoms with E-state index in [1.807, 2.05) is 12.1 Å². The summed E-state index contributed by atoms with van der Waals surface area (Å²) in [6.45, 7) is 3.02. The number of thioether (sulfide) groups is 1. The zero-order valence-corrected chi connectivity index (χ0v) is 14.6. The first-order chi connectivity index (χ1) is 10.8. The van der Waals surface area contributed by atoms with Crippen molar-refractivity contribution >= 4 is 34.7 Å². The van der Waals surface area contributed by atoms with Crippen molar-refractivity contribution in [3.63, 3.8) is 0 Å². The maximum Gasteiger partial charge on any atom is 0.191 e. The SMILES string of the molecule is CCn1c(Cc2cccs2)nnc1SCc1ccc(Cl)cc1. The van der Waals surface area contributed by atoms with Gasteiger partial charge in [0.1, 0.15) is 5.82 Å². The highest BCUT2D eigenvalue weighted by atomic mass is 35.5. The van der Waals surface area contributed by atoms with Crippen molar-refractivity contribution in [1.29, 1.82) is 0 Å². The quantitative estimate of drug-likeness (QED) is 0.593. The molecule has 6 heteroatoms. The summed E-state index contributed by atoms with van der Waals surface area (Å²) < 4.78 is 2.19. The van der Waals surface area contributed by atoms with E-state index in [1.165, 1.54) is 10.4 Å². The summed E-state index contributed by atoms with van der Waals surface area (Å²) in [4.78, 5) is 1.32. The van der Waals surface area contributed by atoms with Crippen LogP contribution in [0.25, 0.3) is 0 Å². The van der Waals surface area contributed by atoms with E-state index >= 15 is 0 Å². The molecule has 0 N–H and O–H groups in total. The molecular weight excluding hydrogens is 334 g/mol. The van der Waals surface area contributed by atoms with Crippen LogP contribution in [-0.4, -0.2) is 14.8 Å². The summed E-state index contributed by atoms with van der Waals surface area (Å²) in [5, 5.41) is 12.6. The molecule has 2 heterocycles. The molecule has 3 aromatic rings. The Kier molecular flexibility index (Phi) is 5.18. The molecule has 0 fully saturated rings. The lowest BCUT2D eigenvalue weighted by atomic mass is 10.2. The second kappa shape index (κ2) is 7.31. The molecule has 0 spiro atoms. The highest BCUT2D eigenvalue weighted by Gasteiger charge is 2.12. The molecule has 114 valence electrons. The first-order valence-corrected chi connectivity index (χ1v) is 9.32. The number of halogens is 1. The van der Waals surface area contributed by atoms with E-state index in [0.29, 0.717) is 0 Å². The van der Waals surface area contributed by atoms with Crippen LogP contribution in [0.2, 0.25) is 5.02 Å². The molecule has 0 unspecified atom stereocenters. The lowest BCUT2D eigenvalue weighted by Gasteiger charge is -2.06. The van der Waals surface area contributed by atoms with Crippen molar-refractivity contribution in [1.82, 2.24) is 14.8 Å². The Morgan fingerprint density at radius 2 is 2.00 bits per heavy atom. The largest absolute Gasteiger partial charge is 0.306 e. The van der Waals surface area contributed by atoms with E-state index < -0.39 is 0 Å². The van der Waals surface area contributed by atoms with E-state index in [2.05, 4.69) is 51.3 Å². The van der Waals surface area contributed by atoms with Crippen molar-refractivity contribution < 1.29 is 0 Å². The Balaban J connectivity index is 1.71. The maximum absolute atomic E-state index is 5.92. The minimum atomic E-state index is 0.767. The molecule has 0 atom stereocenters. The van der Waals surface area contributed by atoms with Gasteiger partial charge in [0, 0.05) is 28.6 Å². The van der Waals surface area contributed by atoms with Crippen molar-refractivity contribution in [3.05, 3.63) is 63.1 Å². The Hall–Kier alpha value is -1.30. The molecular formula is C16H16ClN3S2. The van der Waals surface area contributed by atoms with Crippen LogP contribution < -0.4 is 0 Å². The van der Waals surface area contributed by atoms with Gasteiger partial charge in [0.25, 0.3) is 0 Å². The fourth-order valence-corrected chi connectivity index (χ4v) is 3.98. The van der Waals surface area contributed by atoms with Crippen LogP contribution in [0.5, 0.6) is 0 Å². The predicted molar refractivity (Wildman–Crippen MR) is 93.8 cm³/mol. The summed E-state index contributed by atoms with van der Waals surface area (Å²) in [6.07, 6.45) is 0.847. The van der Waals surface area contributed by atoms with E-state index in [1.54, 1.807) is 23.1 Å². The number of hydrogen-bond acceptors (Lipinski definition) is 4. The maximum atomic E-state index is 5.92. The van der Waals surface area contributed by atoms with Crippen molar-refractivity contribution in [3.8, 4) is 0 Å². The average Bonchev–Trinajstić information content (AvgIpc) is 3.17. The van der Waals surface area contributed by atoms with E-state index in [4.69, 9.17) is 11.6 Å². The van der Waals surface area contributed by atoms with Gasteiger partial charge in [-0.2, -0.15) is 0 Å². The highest BCUT2D eigenvalue weighted by Crippen LogP contribution is 2.24. The molecule has 0 saturated carbocycles. The van der Waals surface area contributed by atoms with Gasteiger partial charge in [0.2, 0.25) is 0 Å². The number of rotatable bonds is 6. The van der Waals surface area contributed by atoms with Crippen LogP contribution in [0.1, 0.15) is 23.2 Å². The molecule has 0 aliphatic heterocycles. The minimum absolute atomic E-state index is 0.767. The van der Waals surface area contributed by atoms with Crippen LogP contribution in [0.3, 0.4) is 0 Å². The molecule has 2 aromatic heterocycles. The molecule has 0 radical (unpaired) electrons. The summed E-state index contributed by atoms with van der Waals surface area (Å²) in [5.41, 5.74) is 1.24. The molecule has 0 saturated heterocycles. The van der Waals surface area contributed by atoms with Gasteiger partial charge >= 0.3 is 0 Å². The van der Waals surface area contributed by atoms with Crippen LogP contribution >= 0.6 is 34.7 Å². The monoisotopic (exact) mass is 349 g/mol. The fraction of sp³-hybridized carbons (Fsp3) is 0.250. The fourth-order valence-electron chi connectivity index (χ4n) is 2.17. The first kappa shape index (κ1) is 15.6. The second-order valence-corrected chi connectivity index (χ2v) is 7.23. The molecule has 3 rings (SSSR count). The van der Waals surface area contributed by atoms with Crippen molar-refractivity contribution in [2.75, 3.05) is 0 Å². The Bertz CT molecular complexity index is 720. The average molecular weight is 350 g/mol. The Morgan fingerprint density at radius 1 is 1.18 bits per heavy atom. The number of aromatic nitrogens is 3. The van der Waals surface area contributed by atoms with Crippen molar-refractivity contribution in [2.45, 2.75) is 30.8 Å². The third-order valence-corrected chi connectivity index (χ3v) is 5.47. The van der Waals surface area contributed by atoms with Gasteiger partial charge in [-0.15, -0.1) is 21.5 Å². The third kappa shape index (κ3) is 3.72. The van der Waals surface area contributed by atoms with Crippen LogP contribution in [-0.2, 0) is 18.7 Å². The number of thiophene rings is 1. The summed E-state index contributed by atoms with van der Waals surface area (Å²) in [7, 11) is 0. The van der Waals surface area contributed by atoms with E-state index in [0.717, 1.165) is 34.7 Å². The zero-order chi connectivity index (χ0) is 15.4. The lowest BCUT2D eigenvalue weighted by molar-refractivity contribution is 0.652. The summed E-state index contributed by atoms with van der Waals surface area (Å²) in [5.74, 6) is 1.90. The van der Waals surface area contributed by atoms with E-state index in [9.17, 15) is 0 Å². The van der Waals surface area contributed by atoms with Gasteiger partial charge < -0.3 is 4.57 Å². The Morgan fingerprint density at radius 3 is 2.68 bits per heavy atom. The van der Waals surface area contributed by atoms with Gasteiger partial charge in [-0.3, -0.25) is 0 Å². The lowest BCUT2D eigenvalue weighted by Crippen LogP contribution is -2.03. The summed E-state index contributed by atoms with van der Waals surface area (Å²) >= 11 is 9.39. The van der Waals surface area contributed by atoms with Crippen LogP contribution in [0, 0.1) is 0 Å². The second-order valence-electron chi connectivity index (χ2n) is 4.81. The molecule has 0 amide bonds. The van der Waals surface area contributed by atoms with Gasteiger partial charge in [-0.25, -0.2) is 0 Å². The summed E-state index contributed by atoms with van der Waals surface area (Å²) in [6, 6.07) is 12.2. The Labute approximate surface area is 143 Å². The first-order valence-electron chi connectivity index (χ1n) is 7.08. The third-order valence-electron chi connectivity index (χ3n) is 3.30. The predicted octanol–water partition coefficient (Wildman–Crippen LogP) is 4.90. The van der Waals surface area contributed by atoms with Crippen LogP contribution in [0.4, 0.5) is 0 Å². The topological polar surface area (TPSA) is 30.7 Å². The van der Waals surface area contributed by atoms with Crippen LogP contribution in [0.15, 0.2) is 46.9 Å². The standard InChI is InChI=1S/C16H16ClN3S2/c1-2-20-15(10-14-4-3-9-21-14)18-19-16(20)22-11-12-5-7-13(17)8-6-12/h3-9H,2,10-11H2,1H3. The highest BCUT2D eigenvalue weighted by molar-refractivity contribution is 7.98. The van der Waals surface area contributed by atoms with Gasteiger partial charge in [-0.1, -0.05) is 41.6 Å². The number of hydrogen-bond donors (Lipinski definition) is 0. The van der Waals surface area contributed by atoms with Crippen molar-refractivity contribution in [2.24, 2.45) is 0 Å². The molecule has 0 bridgehead atoms. The molecule has 22 heavy (non-hydrogen) atoms. The molecule has 0 aliphatic carbocycles. The molecule has 0 aliphatic rings. The number of nitrogens with zero attached hydrogens (tertiary/aromatic N) is 3. The minimum Gasteiger partial charge on any atom is -0.306 e. The molecule has 1 aromatic carbocycles. The normalized spacial score (nSPS) is 11.0. The zero-order valence-electron chi connectivity index (χ0n) is 12.2. The van der Waals surface area contributed by atoms with Gasteiger partial charge in [0.05, 0.1) is 0 Å². The van der Waals surface area contributed by atoms with Gasteiger partial charge in [0.15, 0.2) is 5.16 Å². The van der Waals surface area contributed by atoms with Gasteiger partial charge in [-0.05, 0) is 36.1 Å². The number of benzene rings is 1. The molecule has 3 nitrogen and oxygen atoms in total. The van der Waals surface area contributed by atoms with E-state index in [-0.39, 0.29) is 0 Å². The smallest absolute Gasteiger partial charge is 0.191 e.